The Kier molecular flexibility index (Phi) is 5.66. The molecule has 1 heterocycles. The van der Waals surface area contributed by atoms with E-state index in [1.165, 1.54) is 12.1 Å². The Labute approximate surface area is 190 Å². The Morgan fingerprint density at radius 2 is 1.47 bits per heavy atom. The van der Waals surface area contributed by atoms with E-state index < -0.39 is 38.7 Å². The van der Waals surface area contributed by atoms with Crippen molar-refractivity contribution in [3.63, 3.8) is 0 Å². The molecule has 0 spiro atoms. The number of nitrogens with zero attached hydrogens (tertiary/aromatic N) is 4. The zero-order valence-corrected chi connectivity index (χ0v) is 17.2. The largest absolute Gasteiger partial charge is 0.476 e. The normalized spacial score (nSPS) is 10.6. The molecule has 168 valence electrons. The van der Waals surface area contributed by atoms with Crippen molar-refractivity contribution >= 4 is 23.1 Å². The molecule has 0 amide bonds. The summed E-state index contributed by atoms with van der Waals surface area (Å²) in [5.74, 6) is -2.16. The van der Waals surface area contributed by atoms with Crippen molar-refractivity contribution in [2.45, 2.75) is 0 Å². The van der Waals surface area contributed by atoms with Crippen LogP contribution in [0.3, 0.4) is 0 Å². The summed E-state index contributed by atoms with van der Waals surface area (Å²) in [6.45, 7) is 0. The van der Waals surface area contributed by atoms with Crippen LogP contribution >= 0.6 is 0 Å². The van der Waals surface area contributed by atoms with Gasteiger partial charge in [-0.1, -0.05) is 60.7 Å². The molecule has 4 aromatic rings. The highest BCUT2D eigenvalue weighted by Gasteiger charge is 2.32. The fourth-order valence-electron chi connectivity index (χ4n) is 3.50. The smallest absolute Gasteiger partial charge is 0.357 e. The Morgan fingerprint density at radius 3 is 2.03 bits per heavy atom. The van der Waals surface area contributed by atoms with Crippen LogP contribution < -0.4 is 0 Å². The van der Waals surface area contributed by atoms with Gasteiger partial charge in [0, 0.05) is 17.2 Å². The molecule has 0 unspecified atom stereocenters. The van der Waals surface area contributed by atoms with E-state index in [-0.39, 0.29) is 22.5 Å². The Bertz CT molecular complexity index is 1450. The topological polar surface area (TPSA) is 158 Å². The number of benzene rings is 3. The van der Waals surface area contributed by atoms with Crippen molar-refractivity contribution in [1.29, 1.82) is 0 Å². The second kappa shape index (κ2) is 8.74. The van der Waals surface area contributed by atoms with Crippen LogP contribution in [0.15, 0.2) is 78.9 Å². The maximum atomic E-state index is 13.4. The molecule has 34 heavy (non-hydrogen) atoms. The second-order valence-electron chi connectivity index (χ2n) is 7.04. The first kappa shape index (κ1) is 22.0. The summed E-state index contributed by atoms with van der Waals surface area (Å²) in [6, 6.07) is 19.0. The number of aromatic nitrogens is 2. The SMILES string of the molecule is O=C(O)c1nn(-c2ccc([N+](=O)[O-])cc2[N+](=O)[O-])c(-c2ccccc2)c1C(=O)c1ccccc1. The van der Waals surface area contributed by atoms with Gasteiger partial charge in [-0.3, -0.25) is 25.0 Å². The van der Waals surface area contributed by atoms with Gasteiger partial charge >= 0.3 is 11.7 Å². The van der Waals surface area contributed by atoms with Gasteiger partial charge in [0.15, 0.2) is 11.5 Å². The Balaban J connectivity index is 2.10. The molecule has 4 rings (SSSR count). The van der Waals surface area contributed by atoms with Crippen LogP contribution in [0.1, 0.15) is 26.4 Å². The lowest BCUT2D eigenvalue weighted by Crippen LogP contribution is -2.09. The molecule has 1 N–H and O–H groups in total. The summed E-state index contributed by atoms with van der Waals surface area (Å²) in [7, 11) is 0. The highest BCUT2D eigenvalue weighted by molar-refractivity contribution is 6.17. The molecule has 0 saturated heterocycles. The van der Waals surface area contributed by atoms with Crippen LogP contribution in [0.25, 0.3) is 16.9 Å². The molecular formula is C23H14N4O7. The summed E-state index contributed by atoms with van der Waals surface area (Å²) in [5.41, 5.74) is -1.74. The number of carboxylic acids is 1. The van der Waals surface area contributed by atoms with Crippen molar-refractivity contribution in [1.82, 2.24) is 9.78 Å². The van der Waals surface area contributed by atoms with E-state index in [2.05, 4.69) is 5.10 Å². The number of nitro groups is 2. The monoisotopic (exact) mass is 458 g/mol. The second-order valence-corrected chi connectivity index (χ2v) is 7.04. The lowest BCUT2D eigenvalue weighted by Gasteiger charge is -2.10. The molecule has 11 heteroatoms. The number of ketones is 1. The molecule has 0 atom stereocenters. The van der Waals surface area contributed by atoms with Gasteiger partial charge in [-0.25, -0.2) is 9.48 Å². The maximum absolute atomic E-state index is 13.4. The zero-order chi connectivity index (χ0) is 24.4. The summed E-state index contributed by atoms with van der Waals surface area (Å²) < 4.78 is 0.969. The van der Waals surface area contributed by atoms with Gasteiger partial charge in [-0.2, -0.15) is 5.10 Å². The zero-order valence-electron chi connectivity index (χ0n) is 17.2. The Hall–Kier alpha value is -5.19. The average molecular weight is 458 g/mol. The number of rotatable bonds is 7. The highest BCUT2D eigenvalue weighted by atomic mass is 16.6. The van der Waals surface area contributed by atoms with E-state index in [1.54, 1.807) is 48.5 Å². The highest BCUT2D eigenvalue weighted by Crippen LogP contribution is 2.35. The third-order valence-electron chi connectivity index (χ3n) is 4.99. The first-order valence-corrected chi connectivity index (χ1v) is 9.74. The van der Waals surface area contributed by atoms with Crippen LogP contribution in [-0.2, 0) is 0 Å². The van der Waals surface area contributed by atoms with E-state index in [0.717, 1.165) is 22.9 Å². The van der Waals surface area contributed by atoms with E-state index in [9.17, 15) is 34.9 Å². The summed E-state index contributed by atoms with van der Waals surface area (Å²) >= 11 is 0. The Morgan fingerprint density at radius 1 is 0.853 bits per heavy atom. The summed E-state index contributed by atoms with van der Waals surface area (Å²) in [5, 5.41) is 36.8. The molecule has 0 aliphatic carbocycles. The molecule has 0 radical (unpaired) electrons. The lowest BCUT2D eigenvalue weighted by molar-refractivity contribution is -0.394. The fourth-order valence-corrected chi connectivity index (χ4v) is 3.50. The molecule has 3 aromatic carbocycles. The third-order valence-corrected chi connectivity index (χ3v) is 4.99. The number of nitro benzene ring substituents is 2. The minimum absolute atomic E-state index is 0.00352. The van der Waals surface area contributed by atoms with E-state index in [0.29, 0.717) is 5.56 Å². The van der Waals surface area contributed by atoms with Crippen molar-refractivity contribution in [2.75, 3.05) is 0 Å². The predicted molar refractivity (Wildman–Crippen MR) is 119 cm³/mol. The van der Waals surface area contributed by atoms with Gasteiger partial charge in [-0.15, -0.1) is 0 Å². The molecule has 11 nitrogen and oxygen atoms in total. The number of aromatic carboxylic acids is 1. The molecule has 0 aliphatic rings. The average Bonchev–Trinajstić information content (AvgIpc) is 3.25. The van der Waals surface area contributed by atoms with Gasteiger partial charge in [0.2, 0.25) is 0 Å². The van der Waals surface area contributed by atoms with Crippen molar-refractivity contribution < 1.29 is 24.5 Å². The summed E-state index contributed by atoms with van der Waals surface area (Å²) in [4.78, 5) is 46.8. The van der Waals surface area contributed by atoms with Crippen LogP contribution in [0.4, 0.5) is 11.4 Å². The lowest BCUT2D eigenvalue weighted by atomic mass is 9.97. The van der Waals surface area contributed by atoms with Gasteiger partial charge < -0.3 is 5.11 Å². The van der Waals surface area contributed by atoms with E-state index in [4.69, 9.17) is 0 Å². The van der Waals surface area contributed by atoms with Crippen LogP contribution in [0, 0.1) is 20.2 Å². The minimum atomic E-state index is -1.51. The van der Waals surface area contributed by atoms with Crippen molar-refractivity contribution in [2.24, 2.45) is 0 Å². The number of carboxylic acid groups (broad SMARTS) is 1. The standard InChI is InChI=1S/C23H14N4O7/c28-22(15-9-5-2-6-10-15)19-20(23(29)30)24-25(21(19)14-7-3-1-4-8-14)17-12-11-16(26(31)32)13-18(17)27(33)34/h1-13H,(H,29,30). The van der Waals surface area contributed by atoms with Crippen LogP contribution in [0.5, 0.6) is 0 Å². The molecule has 0 fully saturated rings. The van der Waals surface area contributed by atoms with E-state index >= 15 is 0 Å². The maximum Gasteiger partial charge on any atom is 0.357 e. The van der Waals surface area contributed by atoms with Gasteiger partial charge in [0.25, 0.3) is 5.69 Å². The van der Waals surface area contributed by atoms with Gasteiger partial charge in [0.1, 0.15) is 5.69 Å². The predicted octanol–water partition coefficient (Wildman–Crippen LogP) is 4.28. The third kappa shape index (κ3) is 3.88. The first-order valence-electron chi connectivity index (χ1n) is 9.74. The fraction of sp³-hybridized carbons (Fsp3) is 0. The van der Waals surface area contributed by atoms with Gasteiger partial charge in [0.05, 0.1) is 27.2 Å². The minimum Gasteiger partial charge on any atom is -0.476 e. The van der Waals surface area contributed by atoms with Crippen molar-refractivity contribution in [3.05, 3.63) is 116 Å². The van der Waals surface area contributed by atoms with Gasteiger partial charge in [-0.05, 0) is 6.07 Å². The van der Waals surface area contributed by atoms with Crippen molar-refractivity contribution in [3.8, 4) is 16.9 Å². The molecule has 0 bridgehead atoms. The number of non-ortho nitro benzene ring substituents is 1. The first-order chi connectivity index (χ1) is 16.3. The number of hydrogen-bond acceptors (Lipinski definition) is 7. The summed E-state index contributed by atoms with van der Waals surface area (Å²) in [6.07, 6.45) is 0. The molecular weight excluding hydrogens is 444 g/mol. The molecule has 1 aromatic heterocycles. The number of hydrogen-bond donors (Lipinski definition) is 1. The number of carbonyl (C=O) groups excluding carboxylic acids is 1. The molecule has 0 saturated carbocycles. The molecule has 0 aliphatic heterocycles. The number of carbonyl (C=O) groups is 2. The van der Waals surface area contributed by atoms with E-state index in [1.807, 2.05) is 0 Å². The quantitative estimate of drug-likeness (QED) is 0.244. The van der Waals surface area contributed by atoms with Crippen LogP contribution in [-0.4, -0.2) is 36.5 Å². The van der Waals surface area contributed by atoms with Crippen LogP contribution in [0.2, 0.25) is 0 Å².